The summed E-state index contributed by atoms with van der Waals surface area (Å²) in [6.07, 6.45) is 50.7. The van der Waals surface area contributed by atoms with E-state index in [1.807, 2.05) is 0 Å². The zero-order chi connectivity index (χ0) is 51.2. The summed E-state index contributed by atoms with van der Waals surface area (Å²) in [6.45, 7) is 4.12. The van der Waals surface area contributed by atoms with Crippen LogP contribution in [0.15, 0.2) is 85.1 Å². The molecule has 12 nitrogen and oxygen atoms in total. The van der Waals surface area contributed by atoms with Crippen LogP contribution in [-0.4, -0.2) is 98.9 Å². The van der Waals surface area contributed by atoms with Crippen LogP contribution < -0.4 is 0 Å². The van der Waals surface area contributed by atoms with E-state index < -0.39 is 63.1 Å². The molecule has 0 aromatic heterocycles. The van der Waals surface area contributed by atoms with Gasteiger partial charge in [-0.1, -0.05) is 195 Å². The summed E-state index contributed by atoms with van der Waals surface area (Å²) in [5, 5.41) is 50.4. The minimum atomic E-state index is -5.04. The van der Waals surface area contributed by atoms with Crippen molar-refractivity contribution in [2.24, 2.45) is 0 Å². The number of phosphoric ester groups is 1. The molecule has 0 aliphatic heterocycles. The van der Waals surface area contributed by atoms with Gasteiger partial charge in [-0.3, -0.25) is 13.8 Å². The molecule has 0 aromatic rings. The number of aliphatic hydroxyl groups excluding tert-OH is 5. The van der Waals surface area contributed by atoms with Gasteiger partial charge in [0.2, 0.25) is 0 Å². The lowest BCUT2D eigenvalue weighted by atomic mass is 9.85. The van der Waals surface area contributed by atoms with Crippen LogP contribution in [0.5, 0.6) is 0 Å². The van der Waals surface area contributed by atoms with Crippen LogP contribution >= 0.6 is 7.82 Å². The number of rotatable bonds is 46. The average Bonchev–Trinajstić information content (AvgIpc) is 3.35. The zero-order valence-electron chi connectivity index (χ0n) is 43.5. The number of hydrogen-bond acceptors (Lipinski definition) is 11. The van der Waals surface area contributed by atoms with Crippen molar-refractivity contribution in [1.82, 2.24) is 0 Å². The van der Waals surface area contributed by atoms with E-state index in [9.17, 15) is 39.8 Å². The van der Waals surface area contributed by atoms with Crippen molar-refractivity contribution in [2.45, 2.75) is 249 Å². The summed E-state index contributed by atoms with van der Waals surface area (Å²) in [4.78, 5) is 23.3. The number of aliphatic hydroxyl groups is 5. The SMILES string of the molecule is CC/C=C\C/C=C\C/C=C\C/C=C\C/C=C\CCCCCCCCCC(=O)OC(COCCCCCCCCCCCC/C=C\C/C=C\CCCCC)COP(=O)(O)OC1C(O)C(O)C(O)C(O)C1O. The molecule has 1 fully saturated rings. The highest BCUT2D eigenvalue weighted by atomic mass is 31.2. The molecule has 6 N–H and O–H groups in total. The smallest absolute Gasteiger partial charge is 0.457 e. The van der Waals surface area contributed by atoms with Crippen molar-refractivity contribution in [2.75, 3.05) is 19.8 Å². The third-order valence-electron chi connectivity index (χ3n) is 12.3. The van der Waals surface area contributed by atoms with Gasteiger partial charge in [-0.15, -0.1) is 0 Å². The molecule has 6 unspecified atom stereocenters. The summed E-state index contributed by atoms with van der Waals surface area (Å²) in [7, 11) is -5.04. The van der Waals surface area contributed by atoms with Crippen molar-refractivity contribution in [3.05, 3.63) is 85.1 Å². The number of hydrogen-bond donors (Lipinski definition) is 6. The van der Waals surface area contributed by atoms with Crippen LogP contribution in [0, 0.1) is 0 Å². The van der Waals surface area contributed by atoms with Gasteiger partial charge < -0.3 is 39.9 Å². The Hall–Kier alpha value is -2.48. The molecule has 1 aliphatic carbocycles. The molecular formula is C57H99O12P. The van der Waals surface area contributed by atoms with Crippen LogP contribution in [0.25, 0.3) is 0 Å². The van der Waals surface area contributed by atoms with Gasteiger partial charge in [0.15, 0.2) is 0 Å². The Morgan fingerprint density at radius 1 is 0.471 bits per heavy atom. The van der Waals surface area contributed by atoms with Crippen molar-refractivity contribution >= 4 is 13.8 Å². The van der Waals surface area contributed by atoms with E-state index in [1.165, 1.54) is 64.2 Å². The lowest BCUT2D eigenvalue weighted by molar-refractivity contribution is -0.220. The largest absolute Gasteiger partial charge is 0.472 e. The summed E-state index contributed by atoms with van der Waals surface area (Å²) in [6, 6.07) is 0. The number of allylic oxidation sites excluding steroid dienone is 14. The molecular weight excluding hydrogens is 908 g/mol. The van der Waals surface area contributed by atoms with Gasteiger partial charge in [0.05, 0.1) is 13.2 Å². The van der Waals surface area contributed by atoms with E-state index >= 15 is 0 Å². The summed E-state index contributed by atoms with van der Waals surface area (Å²) < 4.78 is 34.4. The predicted molar refractivity (Wildman–Crippen MR) is 285 cm³/mol. The summed E-state index contributed by atoms with van der Waals surface area (Å²) in [5.41, 5.74) is 0. The van der Waals surface area contributed by atoms with Crippen molar-refractivity contribution in [3.63, 3.8) is 0 Å². The number of ether oxygens (including phenoxy) is 2. The monoisotopic (exact) mass is 1010 g/mol. The molecule has 0 aromatic carbocycles. The quantitative estimate of drug-likeness (QED) is 0.0147. The van der Waals surface area contributed by atoms with Gasteiger partial charge in [-0.05, 0) is 89.9 Å². The van der Waals surface area contributed by atoms with Gasteiger partial charge in [0, 0.05) is 13.0 Å². The van der Waals surface area contributed by atoms with Gasteiger partial charge in [0.25, 0.3) is 0 Å². The van der Waals surface area contributed by atoms with Crippen molar-refractivity contribution < 1.29 is 58.3 Å². The fourth-order valence-corrected chi connectivity index (χ4v) is 8.91. The molecule has 1 saturated carbocycles. The van der Waals surface area contributed by atoms with Crippen molar-refractivity contribution in [1.29, 1.82) is 0 Å². The Morgan fingerprint density at radius 2 is 0.843 bits per heavy atom. The maximum atomic E-state index is 12.9. The fraction of sp³-hybridized carbons (Fsp3) is 0.737. The highest BCUT2D eigenvalue weighted by molar-refractivity contribution is 7.47. The maximum absolute atomic E-state index is 12.9. The van der Waals surface area contributed by atoms with Crippen LogP contribution in [0.1, 0.15) is 206 Å². The molecule has 70 heavy (non-hydrogen) atoms. The number of carbonyl (C=O) groups excluding carboxylic acids is 1. The molecule has 1 aliphatic rings. The van der Waals surface area contributed by atoms with Crippen LogP contribution in [0.2, 0.25) is 0 Å². The number of esters is 1. The van der Waals surface area contributed by atoms with Gasteiger partial charge in [-0.2, -0.15) is 0 Å². The molecule has 0 spiro atoms. The first kappa shape index (κ1) is 65.5. The zero-order valence-corrected chi connectivity index (χ0v) is 44.4. The summed E-state index contributed by atoms with van der Waals surface area (Å²) >= 11 is 0. The number of phosphoric acid groups is 1. The van der Waals surface area contributed by atoms with E-state index in [-0.39, 0.29) is 13.0 Å². The number of carbonyl (C=O) groups is 1. The first-order valence-electron chi connectivity index (χ1n) is 27.4. The molecule has 13 heteroatoms. The molecule has 0 radical (unpaired) electrons. The van der Waals surface area contributed by atoms with E-state index in [0.717, 1.165) is 116 Å². The van der Waals surface area contributed by atoms with E-state index in [0.29, 0.717) is 13.0 Å². The minimum Gasteiger partial charge on any atom is -0.457 e. The second-order valence-corrected chi connectivity index (χ2v) is 20.1. The Kier molecular flexibility index (Phi) is 43.4. The molecule has 1 rings (SSSR count). The van der Waals surface area contributed by atoms with Gasteiger partial charge >= 0.3 is 13.8 Å². The van der Waals surface area contributed by atoms with Crippen molar-refractivity contribution in [3.8, 4) is 0 Å². The average molecular weight is 1010 g/mol. The highest BCUT2D eigenvalue weighted by Gasteiger charge is 2.51. The predicted octanol–water partition coefficient (Wildman–Crippen LogP) is 12.9. The first-order valence-corrected chi connectivity index (χ1v) is 28.9. The maximum Gasteiger partial charge on any atom is 0.472 e. The number of unbranched alkanes of at least 4 members (excludes halogenated alkanes) is 20. The minimum absolute atomic E-state index is 0.0877. The standard InChI is InChI=1S/C57H99O12P/c1-3-5-7-9-11-13-15-17-19-21-23-25-26-27-28-30-32-34-36-38-40-42-44-46-51(58)68-50(49-67-70(64,65)69-57-55(62)53(60)52(59)54(61)56(57)63)48-66-47-45-43-41-39-37-35-33-31-29-24-22-20-18-16-14-12-10-8-6-4-2/h5,7,11-14,17-20,23,25,27-28,50,52-57,59-63H,3-4,6,8-10,15-16,21-22,24,26,29-49H2,1-2H3,(H,64,65)/b7-5-,13-11-,14-12-,19-17-,20-18-,25-23-,28-27-. The van der Waals surface area contributed by atoms with Crippen LogP contribution in [0.4, 0.5) is 0 Å². The third-order valence-corrected chi connectivity index (χ3v) is 13.2. The van der Waals surface area contributed by atoms with Gasteiger partial charge in [0.1, 0.15) is 42.7 Å². The van der Waals surface area contributed by atoms with Gasteiger partial charge in [-0.25, -0.2) is 4.57 Å². The molecule has 404 valence electrons. The summed E-state index contributed by atoms with van der Waals surface area (Å²) in [5.74, 6) is -0.491. The van der Waals surface area contributed by atoms with E-state index in [2.05, 4.69) is 98.9 Å². The Labute approximate surface area is 424 Å². The van der Waals surface area contributed by atoms with E-state index in [4.69, 9.17) is 18.5 Å². The lowest BCUT2D eigenvalue weighted by Gasteiger charge is -2.41. The topological polar surface area (TPSA) is 192 Å². The molecule has 6 atom stereocenters. The van der Waals surface area contributed by atoms with E-state index in [1.54, 1.807) is 0 Å². The molecule has 0 bridgehead atoms. The lowest BCUT2D eigenvalue weighted by Crippen LogP contribution is -2.64. The Bertz CT molecular complexity index is 1480. The molecule has 0 heterocycles. The Morgan fingerprint density at radius 3 is 1.29 bits per heavy atom. The molecule has 0 amide bonds. The van der Waals surface area contributed by atoms with Crippen LogP contribution in [0.3, 0.4) is 0 Å². The third kappa shape index (κ3) is 37.3. The normalized spacial score (nSPS) is 21.5. The molecule has 0 saturated heterocycles. The van der Waals surface area contributed by atoms with Crippen LogP contribution in [-0.2, 0) is 27.9 Å². The Balaban J connectivity index is 2.33. The fourth-order valence-electron chi connectivity index (χ4n) is 7.94. The second-order valence-electron chi connectivity index (χ2n) is 18.7. The highest BCUT2D eigenvalue weighted by Crippen LogP contribution is 2.47. The first-order chi connectivity index (χ1) is 34.0. The second kappa shape index (κ2) is 46.3.